The molecule has 280 valence electrons. The molecule has 0 fully saturated rings. The van der Waals surface area contributed by atoms with Crippen molar-refractivity contribution in [1.29, 1.82) is 0 Å². The van der Waals surface area contributed by atoms with Gasteiger partial charge in [-0.15, -0.1) is 0 Å². The average Bonchev–Trinajstić information content (AvgIpc) is 3.00. The van der Waals surface area contributed by atoms with E-state index in [-0.39, 0.29) is 55.1 Å². The Kier molecular flexibility index (Phi) is 19.8. The lowest BCUT2D eigenvalue weighted by Gasteiger charge is -2.26. The molecule has 1 aromatic carbocycles. The van der Waals surface area contributed by atoms with Crippen molar-refractivity contribution in [2.45, 2.75) is 119 Å². The van der Waals surface area contributed by atoms with Gasteiger partial charge in [0.15, 0.2) is 0 Å². The molecule has 6 N–H and O–H groups in total. The smallest absolute Gasteiger partial charge is 0.312 e. The number of primary amides is 1. The number of amides is 5. The Balaban J connectivity index is 2.71. The normalized spacial score (nSPS) is 13.1. The topological polar surface area (TPSA) is 195 Å². The lowest BCUT2D eigenvalue weighted by Crippen LogP contribution is -2.54. The number of esters is 1. The second-order valence-corrected chi connectivity index (χ2v) is 14.8. The van der Waals surface area contributed by atoms with Crippen molar-refractivity contribution in [2.24, 2.45) is 28.9 Å². The number of urea groups is 1. The summed E-state index contributed by atoms with van der Waals surface area (Å²) in [5, 5.41) is 10.8. The van der Waals surface area contributed by atoms with E-state index in [1.54, 1.807) is 38.1 Å². The second-order valence-electron chi connectivity index (χ2n) is 14.8. The van der Waals surface area contributed by atoms with Gasteiger partial charge >= 0.3 is 12.0 Å². The van der Waals surface area contributed by atoms with E-state index < -0.39 is 35.8 Å². The van der Waals surface area contributed by atoms with Crippen LogP contribution in [0.4, 0.5) is 15.3 Å². The Bertz CT molecular complexity index is 1250. The van der Waals surface area contributed by atoms with Gasteiger partial charge in [0.25, 0.3) is 0 Å². The largest absolute Gasteiger partial charge is 0.469 e. The average molecular weight is 702 g/mol. The predicted octanol–water partition coefficient (Wildman–Crippen LogP) is 4.17. The van der Waals surface area contributed by atoms with Crippen LogP contribution in [-0.2, 0) is 35.3 Å². The zero-order chi connectivity index (χ0) is 37.9. The summed E-state index contributed by atoms with van der Waals surface area (Å²) in [7, 11) is 1.32. The van der Waals surface area contributed by atoms with Gasteiger partial charge in [-0.3, -0.25) is 24.0 Å². The molecule has 1 unspecified atom stereocenters. The molecule has 0 heterocycles. The maximum Gasteiger partial charge on any atom is 0.312 e. The molecular weight excluding hydrogens is 641 g/mol. The van der Waals surface area contributed by atoms with Gasteiger partial charge in [-0.25, -0.2) is 4.79 Å². The molecule has 50 heavy (non-hydrogen) atoms. The third-order valence-electron chi connectivity index (χ3n) is 7.77. The van der Waals surface area contributed by atoms with Gasteiger partial charge in [-0.2, -0.15) is 0 Å². The number of carbonyl (C=O) groups excluding carboxylic acids is 6. The number of unbranched alkanes of at least 4 members (excludes halogenated alkanes) is 2. The molecule has 0 bridgehead atoms. The monoisotopic (exact) mass is 701 g/mol. The number of hydrogen-bond acceptors (Lipinski definition) is 8. The maximum absolute atomic E-state index is 13.4. The van der Waals surface area contributed by atoms with Crippen LogP contribution in [0.15, 0.2) is 24.3 Å². The molecule has 0 saturated heterocycles. The Labute approximate surface area is 298 Å². The highest BCUT2D eigenvalue weighted by Gasteiger charge is 2.29. The highest BCUT2D eigenvalue weighted by atomic mass is 16.5. The third-order valence-corrected chi connectivity index (χ3v) is 7.77. The Morgan fingerprint density at radius 3 is 2.08 bits per heavy atom. The molecule has 0 saturated carbocycles. The highest BCUT2D eigenvalue weighted by molar-refractivity contribution is 6.55. The summed E-state index contributed by atoms with van der Waals surface area (Å²) >= 11 is 0. The fraction of sp³-hybridized carbons (Fsp3) is 0.667. The summed E-state index contributed by atoms with van der Waals surface area (Å²) < 4.78 is 10.6. The molecule has 13 nitrogen and oxygen atoms in total. The van der Waals surface area contributed by atoms with Gasteiger partial charge in [-0.1, -0.05) is 60.6 Å². The third kappa shape index (κ3) is 19.8. The molecule has 0 aromatic heterocycles. The van der Waals surface area contributed by atoms with E-state index in [1.165, 1.54) is 7.85 Å². The van der Waals surface area contributed by atoms with E-state index in [4.69, 9.17) is 15.2 Å². The minimum Gasteiger partial charge on any atom is -0.469 e. The SMILES string of the molecule is BC(=O)OCc1ccc(NC(=O)[C@H](CCCNC(N)=O)NC(=O)[C@@H](NC(=O)CCCCCOC(=O)C(CC(C)C)CC(C)(C)C)C(C)C)cc1. The standard InChI is InChI=1S/C36H60BN5O8/c1-23(2)20-26(21-36(5,6)7)33(46)49-19-10-8-9-13-29(43)42-30(24(3)4)32(45)41-28(12-11-18-39-35(38)48)31(44)40-27-16-14-25(15-17-27)22-50-34(37)47/h14-17,23-24,26,28,30H,8-13,18-22,37H2,1-7H3,(H,40,44)(H,41,45)(H,42,43)(H3,38,39,48)/t26?,28-,30-/m0/s1. The number of ether oxygens (including phenoxy) is 2. The van der Waals surface area contributed by atoms with Crippen molar-refractivity contribution in [3.8, 4) is 0 Å². The number of benzene rings is 1. The van der Waals surface area contributed by atoms with E-state index in [9.17, 15) is 28.8 Å². The summed E-state index contributed by atoms with van der Waals surface area (Å²) in [4.78, 5) is 74.4. The second kappa shape index (κ2) is 22.6. The number of carbonyl (C=O) groups is 6. The number of hydrogen-bond donors (Lipinski definition) is 5. The Morgan fingerprint density at radius 1 is 0.860 bits per heavy atom. The number of rotatable bonds is 22. The molecule has 0 aliphatic carbocycles. The number of nitrogens with two attached hydrogens (primary N) is 1. The first-order chi connectivity index (χ1) is 23.4. The zero-order valence-electron chi connectivity index (χ0n) is 31.3. The van der Waals surface area contributed by atoms with Crippen LogP contribution in [0.3, 0.4) is 0 Å². The minimum atomic E-state index is -0.970. The van der Waals surface area contributed by atoms with Gasteiger partial charge in [0, 0.05) is 18.7 Å². The summed E-state index contributed by atoms with van der Waals surface area (Å²) in [5.74, 6) is -1.86. The minimum absolute atomic E-state index is 0.0235. The van der Waals surface area contributed by atoms with Gasteiger partial charge < -0.3 is 36.5 Å². The lowest BCUT2D eigenvalue weighted by atomic mass is 9.81. The first-order valence-corrected chi connectivity index (χ1v) is 17.7. The zero-order valence-corrected chi connectivity index (χ0v) is 31.3. The lowest BCUT2D eigenvalue weighted by molar-refractivity contribution is -0.150. The fourth-order valence-electron chi connectivity index (χ4n) is 5.35. The fourth-order valence-corrected chi connectivity index (χ4v) is 5.35. The predicted molar refractivity (Wildman–Crippen MR) is 196 cm³/mol. The van der Waals surface area contributed by atoms with Crippen LogP contribution in [0.25, 0.3) is 0 Å². The van der Waals surface area contributed by atoms with Gasteiger partial charge in [0.1, 0.15) is 18.7 Å². The first kappa shape index (κ1) is 43.9. The van der Waals surface area contributed by atoms with E-state index in [1.807, 2.05) is 0 Å². The van der Waals surface area contributed by atoms with Crippen LogP contribution in [0.2, 0.25) is 0 Å². The van der Waals surface area contributed by atoms with Crippen molar-refractivity contribution in [1.82, 2.24) is 16.0 Å². The molecule has 5 amide bonds. The molecule has 3 atom stereocenters. The van der Waals surface area contributed by atoms with Crippen LogP contribution in [0, 0.1) is 23.2 Å². The summed E-state index contributed by atoms with van der Waals surface area (Å²) in [6.07, 6.45) is 4.16. The Morgan fingerprint density at radius 2 is 1.52 bits per heavy atom. The van der Waals surface area contributed by atoms with Crippen molar-refractivity contribution in [2.75, 3.05) is 18.5 Å². The van der Waals surface area contributed by atoms with Gasteiger partial charge in [0.05, 0.1) is 12.5 Å². The molecular formula is C36H60BN5O8. The van der Waals surface area contributed by atoms with Gasteiger partial charge in [0.2, 0.25) is 31.4 Å². The molecule has 0 aliphatic heterocycles. The molecule has 0 spiro atoms. The van der Waals surface area contributed by atoms with Crippen LogP contribution in [-0.4, -0.2) is 68.7 Å². The van der Waals surface area contributed by atoms with E-state index >= 15 is 0 Å². The molecule has 0 aliphatic rings. The molecule has 1 aromatic rings. The van der Waals surface area contributed by atoms with Crippen molar-refractivity contribution in [3.05, 3.63) is 29.8 Å². The highest BCUT2D eigenvalue weighted by Crippen LogP contribution is 2.29. The first-order valence-electron chi connectivity index (χ1n) is 17.7. The summed E-state index contributed by atoms with van der Waals surface area (Å²) in [5.41, 5.74) is 6.38. The van der Waals surface area contributed by atoms with Crippen LogP contribution in [0.5, 0.6) is 0 Å². The van der Waals surface area contributed by atoms with Crippen molar-refractivity contribution < 1.29 is 38.2 Å². The quantitative estimate of drug-likeness (QED) is 0.0675. The molecule has 14 heteroatoms. The van der Waals surface area contributed by atoms with E-state index in [2.05, 4.69) is 55.9 Å². The summed E-state index contributed by atoms with van der Waals surface area (Å²) in [6, 6.07) is 4.17. The maximum atomic E-state index is 13.4. The number of nitrogens with one attached hydrogen (secondary N) is 4. The van der Waals surface area contributed by atoms with Crippen LogP contribution in [0.1, 0.15) is 105 Å². The number of anilines is 1. The van der Waals surface area contributed by atoms with E-state index in [0.717, 1.165) is 18.4 Å². The molecule has 0 radical (unpaired) electrons. The van der Waals surface area contributed by atoms with Gasteiger partial charge in [-0.05, 0) is 79.9 Å². The van der Waals surface area contributed by atoms with Crippen molar-refractivity contribution >= 4 is 49.1 Å². The van der Waals surface area contributed by atoms with Crippen molar-refractivity contribution in [3.63, 3.8) is 0 Å². The van der Waals surface area contributed by atoms with E-state index in [0.29, 0.717) is 43.9 Å². The van der Waals surface area contributed by atoms with Crippen LogP contribution < -0.4 is 27.0 Å². The van der Waals surface area contributed by atoms with Crippen LogP contribution >= 0.6 is 0 Å². The molecule has 1 rings (SSSR count). The summed E-state index contributed by atoms with van der Waals surface area (Å²) in [6.45, 7) is 14.8. The Hall–Kier alpha value is -4.10.